The van der Waals surface area contributed by atoms with E-state index in [0.717, 1.165) is 4.90 Å². The monoisotopic (exact) mass is 224 g/mol. The summed E-state index contributed by atoms with van der Waals surface area (Å²) in [5.74, 6) is -0.795. The number of rotatable bonds is 3. The fraction of sp³-hybridized carbons (Fsp3) is 0.286. The van der Waals surface area contributed by atoms with Gasteiger partial charge in [0.1, 0.15) is 12.9 Å². The van der Waals surface area contributed by atoms with E-state index in [-0.39, 0.29) is 19.0 Å². The third-order valence-corrected chi connectivity index (χ3v) is 1.91. The van der Waals surface area contributed by atoms with Crippen molar-refractivity contribution in [1.29, 1.82) is 0 Å². The quantitative estimate of drug-likeness (QED) is 0.528. The van der Waals surface area contributed by atoms with Gasteiger partial charge in [0.15, 0.2) is 0 Å². The predicted molar refractivity (Wildman–Crippen MR) is 50.1 cm³/mol. The van der Waals surface area contributed by atoms with Crippen LogP contribution in [0.4, 0.5) is 10.7 Å². The fourth-order valence-corrected chi connectivity index (χ4v) is 1.20. The van der Waals surface area contributed by atoms with Gasteiger partial charge in [-0.2, -0.15) is 10.1 Å². The molecule has 1 fully saturated rings. The Balaban J connectivity index is 1.92. The van der Waals surface area contributed by atoms with Crippen molar-refractivity contribution in [3.8, 4) is 0 Å². The number of hydrogen-bond acceptors (Lipinski definition) is 5. The van der Waals surface area contributed by atoms with Crippen LogP contribution in [0.5, 0.6) is 0 Å². The fourth-order valence-electron chi connectivity index (χ4n) is 1.20. The molecule has 1 aliphatic rings. The van der Waals surface area contributed by atoms with Gasteiger partial charge in [-0.1, -0.05) is 0 Å². The molecule has 0 unspecified atom stereocenters. The first-order valence-corrected chi connectivity index (χ1v) is 4.40. The molecule has 4 amide bonds. The molecule has 84 valence electrons. The summed E-state index contributed by atoms with van der Waals surface area (Å²) in [6, 6.07) is -0.572. The molecule has 0 aromatic carbocycles. The molecule has 2 heterocycles. The van der Waals surface area contributed by atoms with Gasteiger partial charge in [0.2, 0.25) is 11.9 Å². The lowest BCUT2D eigenvalue weighted by Crippen LogP contribution is -2.38. The molecule has 1 saturated heterocycles. The van der Waals surface area contributed by atoms with Gasteiger partial charge in [0.25, 0.3) is 5.91 Å². The van der Waals surface area contributed by atoms with Crippen LogP contribution in [0.25, 0.3) is 0 Å². The maximum atomic E-state index is 11.4. The molecule has 0 aliphatic carbocycles. The van der Waals surface area contributed by atoms with Gasteiger partial charge in [-0.05, 0) is 0 Å². The molecular weight excluding hydrogens is 216 g/mol. The van der Waals surface area contributed by atoms with E-state index in [9.17, 15) is 14.4 Å². The number of urea groups is 1. The maximum absolute atomic E-state index is 11.4. The summed E-state index contributed by atoms with van der Waals surface area (Å²) in [7, 11) is 0. The number of carbonyl (C=O) groups excluding carboxylic acids is 3. The van der Waals surface area contributed by atoms with Gasteiger partial charge in [-0.15, -0.1) is 0 Å². The molecule has 16 heavy (non-hydrogen) atoms. The summed E-state index contributed by atoms with van der Waals surface area (Å²) in [6.45, 7) is -0.417. The largest absolute Gasteiger partial charge is 0.329 e. The summed E-state index contributed by atoms with van der Waals surface area (Å²) >= 11 is 0. The number of aromatic amines is 1. The minimum atomic E-state index is -0.572. The van der Waals surface area contributed by atoms with Gasteiger partial charge in [-0.25, -0.2) is 9.89 Å². The molecule has 0 atom stereocenters. The SMILES string of the molecule is O=C(CN1C(=O)CNC1=O)Nc1ncn[nH]1. The molecule has 1 aromatic heterocycles. The number of aromatic nitrogens is 3. The molecule has 2 rings (SSSR count). The first-order valence-electron chi connectivity index (χ1n) is 4.40. The zero-order valence-electron chi connectivity index (χ0n) is 8.06. The van der Waals surface area contributed by atoms with Crippen molar-refractivity contribution in [2.45, 2.75) is 0 Å². The lowest BCUT2D eigenvalue weighted by Gasteiger charge is -2.10. The smallest absolute Gasteiger partial charge is 0.325 e. The van der Waals surface area contributed by atoms with E-state index in [2.05, 4.69) is 25.8 Å². The van der Waals surface area contributed by atoms with Crippen LogP contribution in [0.2, 0.25) is 0 Å². The second-order valence-electron chi connectivity index (χ2n) is 3.02. The Morgan fingerprint density at radius 2 is 2.38 bits per heavy atom. The van der Waals surface area contributed by atoms with Crippen molar-refractivity contribution < 1.29 is 14.4 Å². The van der Waals surface area contributed by atoms with E-state index in [1.54, 1.807) is 0 Å². The Bertz CT molecular complexity index is 411. The van der Waals surface area contributed by atoms with Crippen LogP contribution < -0.4 is 10.6 Å². The van der Waals surface area contributed by atoms with Gasteiger partial charge in [-0.3, -0.25) is 19.8 Å². The van der Waals surface area contributed by atoms with E-state index in [4.69, 9.17) is 0 Å². The molecule has 1 aliphatic heterocycles. The normalized spacial score (nSPS) is 15.1. The van der Waals surface area contributed by atoms with Crippen LogP contribution >= 0.6 is 0 Å². The lowest BCUT2D eigenvalue weighted by atomic mass is 10.5. The topological polar surface area (TPSA) is 120 Å². The summed E-state index contributed by atoms with van der Waals surface area (Å²) in [5.41, 5.74) is 0. The highest BCUT2D eigenvalue weighted by Crippen LogP contribution is 2.00. The second kappa shape index (κ2) is 3.96. The molecule has 0 bridgehead atoms. The van der Waals surface area contributed by atoms with E-state index >= 15 is 0 Å². The molecule has 9 heteroatoms. The van der Waals surface area contributed by atoms with Crippen molar-refractivity contribution in [1.82, 2.24) is 25.4 Å². The Kier molecular flexibility index (Phi) is 2.50. The molecule has 3 N–H and O–H groups in total. The zero-order valence-corrected chi connectivity index (χ0v) is 8.06. The van der Waals surface area contributed by atoms with Crippen molar-refractivity contribution in [2.75, 3.05) is 18.4 Å². The highest BCUT2D eigenvalue weighted by molar-refractivity contribution is 6.05. The van der Waals surface area contributed by atoms with Crippen molar-refractivity contribution >= 4 is 23.8 Å². The number of H-pyrrole nitrogens is 1. The van der Waals surface area contributed by atoms with Crippen molar-refractivity contribution in [3.05, 3.63) is 6.33 Å². The first kappa shape index (κ1) is 10.1. The average Bonchev–Trinajstić information content (AvgIpc) is 2.83. The lowest BCUT2D eigenvalue weighted by molar-refractivity contribution is -0.128. The Hall–Kier alpha value is -2.45. The summed E-state index contributed by atoms with van der Waals surface area (Å²) in [4.78, 5) is 38.1. The summed E-state index contributed by atoms with van der Waals surface area (Å²) in [6.07, 6.45) is 1.23. The Morgan fingerprint density at radius 3 is 2.94 bits per heavy atom. The zero-order chi connectivity index (χ0) is 11.5. The molecule has 0 saturated carbocycles. The van der Waals surface area contributed by atoms with E-state index in [1.165, 1.54) is 6.33 Å². The van der Waals surface area contributed by atoms with Crippen LogP contribution in [0.15, 0.2) is 6.33 Å². The van der Waals surface area contributed by atoms with Crippen LogP contribution in [0.1, 0.15) is 0 Å². The Labute approximate surface area is 89.2 Å². The van der Waals surface area contributed by atoms with Crippen LogP contribution in [0, 0.1) is 0 Å². The molecule has 9 nitrogen and oxygen atoms in total. The third kappa shape index (κ3) is 1.97. The standard InChI is InChI=1S/C7H8N6O3/c14-4(11-6-9-3-10-12-6)2-13-5(15)1-8-7(13)16/h3H,1-2H2,(H,8,16)(H2,9,10,11,12,14). The number of anilines is 1. The number of amides is 4. The molecule has 1 aromatic rings. The van der Waals surface area contributed by atoms with Gasteiger partial charge >= 0.3 is 6.03 Å². The highest BCUT2D eigenvalue weighted by atomic mass is 16.2. The molecule has 0 radical (unpaired) electrons. The van der Waals surface area contributed by atoms with E-state index in [1.807, 2.05) is 0 Å². The highest BCUT2D eigenvalue weighted by Gasteiger charge is 2.30. The van der Waals surface area contributed by atoms with Crippen molar-refractivity contribution in [2.24, 2.45) is 0 Å². The minimum absolute atomic E-state index is 0.0750. The van der Waals surface area contributed by atoms with E-state index in [0.29, 0.717) is 0 Å². The molecule has 0 spiro atoms. The maximum Gasteiger partial charge on any atom is 0.325 e. The van der Waals surface area contributed by atoms with Crippen LogP contribution in [0.3, 0.4) is 0 Å². The Morgan fingerprint density at radius 1 is 1.56 bits per heavy atom. The third-order valence-electron chi connectivity index (χ3n) is 1.91. The number of carbonyl (C=O) groups is 3. The number of nitrogens with zero attached hydrogens (tertiary/aromatic N) is 3. The second-order valence-corrected chi connectivity index (χ2v) is 3.02. The first-order chi connectivity index (χ1) is 7.66. The van der Waals surface area contributed by atoms with Crippen LogP contribution in [-0.2, 0) is 9.59 Å². The number of imide groups is 1. The van der Waals surface area contributed by atoms with E-state index < -0.39 is 17.8 Å². The molecular formula is C7H8N6O3. The average molecular weight is 224 g/mol. The summed E-state index contributed by atoms with van der Waals surface area (Å²) < 4.78 is 0. The minimum Gasteiger partial charge on any atom is -0.329 e. The van der Waals surface area contributed by atoms with Gasteiger partial charge in [0, 0.05) is 0 Å². The van der Waals surface area contributed by atoms with Gasteiger partial charge in [0.05, 0.1) is 6.54 Å². The van der Waals surface area contributed by atoms with Crippen LogP contribution in [-0.4, -0.2) is 51.0 Å². The number of nitrogens with one attached hydrogen (secondary N) is 3. The van der Waals surface area contributed by atoms with Crippen molar-refractivity contribution in [3.63, 3.8) is 0 Å². The predicted octanol–water partition coefficient (Wildman–Crippen LogP) is -1.71. The number of hydrogen-bond donors (Lipinski definition) is 3. The van der Waals surface area contributed by atoms with Gasteiger partial charge < -0.3 is 5.32 Å². The summed E-state index contributed by atoms with van der Waals surface area (Å²) in [5, 5.41) is 10.6.